The van der Waals surface area contributed by atoms with Crippen LogP contribution in [0.5, 0.6) is 0 Å². The molecule has 0 N–H and O–H groups in total. The Hall–Kier alpha value is -3.29. The Bertz CT molecular complexity index is 1600. The molecule has 0 radical (unpaired) electrons. The number of ketones is 1. The van der Waals surface area contributed by atoms with Crippen molar-refractivity contribution in [3.8, 4) is 5.69 Å². The minimum absolute atomic E-state index is 0.0199. The third kappa shape index (κ3) is 4.00. The highest BCUT2D eigenvalue weighted by Crippen LogP contribution is 2.48. The van der Waals surface area contributed by atoms with Gasteiger partial charge in [-0.15, -0.1) is 16.4 Å². The number of fused-ring (bicyclic) bond motifs is 2. The first-order valence-corrected chi connectivity index (χ1v) is 14.7. The van der Waals surface area contributed by atoms with Crippen LogP contribution in [0, 0.1) is 17.2 Å². The molecule has 1 aromatic carbocycles. The van der Waals surface area contributed by atoms with Gasteiger partial charge in [-0.2, -0.15) is 19.3 Å². The Morgan fingerprint density at radius 2 is 1.97 bits per heavy atom. The lowest BCUT2D eigenvalue weighted by atomic mass is 9.60. The predicted molar refractivity (Wildman–Crippen MR) is 137 cm³/mol. The van der Waals surface area contributed by atoms with Crippen molar-refractivity contribution >= 4 is 27.1 Å². The van der Waals surface area contributed by atoms with Crippen molar-refractivity contribution in [2.45, 2.75) is 44.2 Å². The number of hydrogen-bond donors (Lipinski definition) is 0. The van der Waals surface area contributed by atoms with Crippen molar-refractivity contribution < 1.29 is 17.6 Å². The molecule has 2 unspecified atom stereocenters. The number of carbonyl (C=O) groups excluding carboxylic acids is 1. The van der Waals surface area contributed by atoms with Crippen LogP contribution < -0.4 is 0 Å². The maximum atomic E-state index is 14.1. The van der Waals surface area contributed by atoms with Crippen LogP contribution in [0.25, 0.3) is 5.69 Å². The molecule has 2 atom stereocenters. The van der Waals surface area contributed by atoms with Gasteiger partial charge < -0.3 is 0 Å². The molecule has 10 nitrogen and oxygen atoms in total. The Kier molecular flexibility index (Phi) is 6.04. The van der Waals surface area contributed by atoms with Crippen LogP contribution >= 0.6 is 11.3 Å². The van der Waals surface area contributed by atoms with Crippen molar-refractivity contribution in [2.24, 2.45) is 11.3 Å². The molecule has 6 rings (SSSR count). The van der Waals surface area contributed by atoms with Gasteiger partial charge in [0.15, 0.2) is 5.78 Å². The summed E-state index contributed by atoms with van der Waals surface area (Å²) in [7, 11) is -3.97. The van der Waals surface area contributed by atoms with Gasteiger partial charge in [-0.3, -0.25) is 4.79 Å². The molecule has 3 aromatic heterocycles. The maximum Gasteiger partial charge on any atom is 0.264 e. The first-order valence-electron chi connectivity index (χ1n) is 12.4. The van der Waals surface area contributed by atoms with Crippen LogP contribution in [0.15, 0.2) is 52.6 Å². The van der Waals surface area contributed by atoms with Crippen LogP contribution in [0.4, 0.5) is 4.39 Å². The highest BCUT2D eigenvalue weighted by atomic mass is 32.2. The van der Waals surface area contributed by atoms with Crippen molar-refractivity contribution in [1.29, 1.82) is 0 Å². The van der Waals surface area contributed by atoms with Crippen LogP contribution in [0.3, 0.4) is 0 Å². The number of piperidine rings is 1. The number of rotatable bonds is 6. The van der Waals surface area contributed by atoms with Gasteiger partial charge in [-0.1, -0.05) is 0 Å². The standard InChI is InChI=1S/C25H26FN7O3S2/c1-16(2)33-29-12-23(30-33)38(35,36)31-8-7-18-9-22-17(11-28-32(22)20-5-3-19(26)4-6-20)10-25(18,14-31)24(34)21-13-37-15-27-21/h3-6,11-13,15-16,18H,7-10,14H2,1-2H3. The van der Waals surface area contributed by atoms with E-state index in [1.165, 1.54) is 38.8 Å². The fourth-order valence-corrected chi connectivity index (χ4v) is 7.54. The summed E-state index contributed by atoms with van der Waals surface area (Å²) in [5.41, 5.74) is 3.52. The van der Waals surface area contributed by atoms with Gasteiger partial charge >= 0.3 is 0 Å². The lowest BCUT2D eigenvalue weighted by molar-refractivity contribution is 0.0394. The normalized spacial score (nSPS) is 21.8. The summed E-state index contributed by atoms with van der Waals surface area (Å²) in [6.45, 7) is 4.02. The second kappa shape index (κ2) is 9.17. The monoisotopic (exact) mass is 555 g/mol. The third-order valence-electron chi connectivity index (χ3n) is 7.61. The minimum Gasteiger partial charge on any atom is -0.292 e. The Labute approximate surface area is 223 Å². The number of nitrogens with zero attached hydrogens (tertiary/aromatic N) is 7. The van der Waals surface area contributed by atoms with Gasteiger partial charge in [-0.25, -0.2) is 22.5 Å². The zero-order chi connectivity index (χ0) is 26.7. The molecule has 4 heterocycles. The van der Waals surface area contributed by atoms with Crippen molar-refractivity contribution in [3.05, 3.63) is 70.3 Å². The number of carbonyl (C=O) groups is 1. The average Bonchev–Trinajstić information content (AvgIpc) is 3.68. The molecule has 0 amide bonds. The molecule has 0 spiro atoms. The SMILES string of the molecule is CC(C)n1ncc(S(=O)(=O)N2CCC3Cc4c(cnn4-c4ccc(F)cc4)CC3(C(=O)c3cscn3)C2)n1. The van der Waals surface area contributed by atoms with E-state index in [2.05, 4.69) is 20.3 Å². The molecular weight excluding hydrogens is 529 g/mol. The number of Topliss-reactive ketones (excluding diaryl/α,β-unsaturated/α-hetero) is 1. The van der Waals surface area contributed by atoms with E-state index in [4.69, 9.17) is 0 Å². The Morgan fingerprint density at radius 1 is 1.18 bits per heavy atom. The minimum atomic E-state index is -3.97. The second-order valence-electron chi connectivity index (χ2n) is 10.2. The van der Waals surface area contributed by atoms with Crippen molar-refractivity contribution in [3.63, 3.8) is 0 Å². The molecule has 0 saturated carbocycles. The highest BCUT2D eigenvalue weighted by Gasteiger charge is 2.55. The molecule has 4 aromatic rings. The summed E-state index contributed by atoms with van der Waals surface area (Å²) in [5.74, 6) is -0.614. The first-order chi connectivity index (χ1) is 18.2. The Morgan fingerprint density at radius 3 is 2.66 bits per heavy atom. The zero-order valence-electron chi connectivity index (χ0n) is 20.9. The molecule has 1 fully saturated rings. The number of benzene rings is 1. The van der Waals surface area contributed by atoms with E-state index in [0.29, 0.717) is 25.0 Å². The van der Waals surface area contributed by atoms with Crippen molar-refractivity contribution in [2.75, 3.05) is 13.1 Å². The summed E-state index contributed by atoms with van der Waals surface area (Å²) in [6, 6.07) is 6.04. The maximum absolute atomic E-state index is 14.1. The number of sulfonamides is 1. The van der Waals surface area contributed by atoms with Crippen LogP contribution in [-0.4, -0.2) is 61.4 Å². The molecule has 0 bridgehead atoms. The Balaban J connectivity index is 1.40. The average molecular weight is 556 g/mol. The van der Waals surface area contributed by atoms with Gasteiger partial charge in [0, 0.05) is 24.2 Å². The van der Waals surface area contributed by atoms with E-state index >= 15 is 0 Å². The van der Waals surface area contributed by atoms with Gasteiger partial charge in [0.25, 0.3) is 10.0 Å². The molecule has 1 saturated heterocycles. The fraction of sp³-hybridized carbons (Fsp3) is 0.400. The summed E-state index contributed by atoms with van der Waals surface area (Å²) in [6.07, 6.45) is 4.35. The van der Waals surface area contributed by atoms with E-state index < -0.39 is 15.4 Å². The lowest BCUT2D eigenvalue weighted by Crippen LogP contribution is -2.57. The summed E-state index contributed by atoms with van der Waals surface area (Å²) >= 11 is 1.33. The lowest BCUT2D eigenvalue weighted by Gasteiger charge is -2.48. The van der Waals surface area contributed by atoms with Gasteiger partial charge in [0.2, 0.25) is 5.03 Å². The molecule has 198 valence electrons. The van der Waals surface area contributed by atoms with E-state index in [1.54, 1.807) is 33.9 Å². The van der Waals surface area contributed by atoms with Gasteiger partial charge in [-0.05, 0) is 68.9 Å². The summed E-state index contributed by atoms with van der Waals surface area (Å²) < 4.78 is 44.0. The number of halogens is 1. The summed E-state index contributed by atoms with van der Waals surface area (Å²) in [5, 5.41) is 14.5. The predicted octanol–water partition coefficient (Wildman–Crippen LogP) is 3.32. The largest absolute Gasteiger partial charge is 0.292 e. The molecule has 13 heteroatoms. The van der Waals surface area contributed by atoms with Crippen LogP contribution in [0.2, 0.25) is 0 Å². The number of hydrogen-bond acceptors (Lipinski definition) is 8. The van der Waals surface area contributed by atoms with Crippen LogP contribution in [0.1, 0.15) is 48.1 Å². The summed E-state index contributed by atoms with van der Waals surface area (Å²) in [4.78, 5) is 19.7. The molecule has 1 aliphatic heterocycles. The van der Waals surface area contributed by atoms with Gasteiger partial charge in [0.05, 0.1) is 35.0 Å². The first kappa shape index (κ1) is 25.0. The smallest absolute Gasteiger partial charge is 0.264 e. The molecular formula is C25H26FN7O3S2. The topological polar surface area (TPSA) is 116 Å². The quantitative estimate of drug-likeness (QED) is 0.335. The molecule has 2 aliphatic rings. The van der Waals surface area contributed by atoms with Crippen molar-refractivity contribution in [1.82, 2.24) is 34.1 Å². The molecule has 1 aliphatic carbocycles. The van der Waals surface area contributed by atoms with Gasteiger partial charge in [0.1, 0.15) is 11.5 Å². The van der Waals surface area contributed by atoms with E-state index in [9.17, 15) is 17.6 Å². The van der Waals surface area contributed by atoms with E-state index in [0.717, 1.165) is 16.9 Å². The van der Waals surface area contributed by atoms with Crippen LogP contribution in [-0.2, 0) is 22.9 Å². The number of thiazole rings is 1. The second-order valence-corrected chi connectivity index (χ2v) is 12.8. The van der Waals surface area contributed by atoms with E-state index in [-0.39, 0.29) is 41.7 Å². The third-order valence-corrected chi connectivity index (χ3v) is 9.90. The van der Waals surface area contributed by atoms with E-state index in [1.807, 2.05) is 13.8 Å². The zero-order valence-corrected chi connectivity index (χ0v) is 22.5. The molecule has 38 heavy (non-hydrogen) atoms. The fourth-order valence-electron chi connectivity index (χ4n) is 5.63. The number of aromatic nitrogens is 6. The highest BCUT2D eigenvalue weighted by molar-refractivity contribution is 7.89.